The molecule has 100 valence electrons. The quantitative estimate of drug-likeness (QED) is 0.813. The maximum Gasteiger partial charge on any atom is 0.241 e. The van der Waals surface area contributed by atoms with Crippen molar-refractivity contribution in [3.05, 3.63) is 29.8 Å². The van der Waals surface area contributed by atoms with Crippen LogP contribution in [0.1, 0.15) is 39.2 Å². The van der Waals surface area contributed by atoms with Gasteiger partial charge in [0.15, 0.2) is 0 Å². The lowest BCUT2D eigenvalue weighted by Gasteiger charge is -2.17. The van der Waals surface area contributed by atoms with Crippen molar-refractivity contribution in [2.45, 2.75) is 46.1 Å². The molecule has 0 saturated carbocycles. The smallest absolute Gasteiger partial charge is 0.241 e. The molecule has 1 aromatic rings. The first-order chi connectivity index (χ1) is 8.58. The molecule has 2 atom stereocenters. The van der Waals surface area contributed by atoms with Gasteiger partial charge in [0.1, 0.15) is 0 Å². The van der Waals surface area contributed by atoms with Crippen molar-refractivity contribution in [1.29, 1.82) is 0 Å². The van der Waals surface area contributed by atoms with Gasteiger partial charge in [0.05, 0.1) is 6.04 Å². The van der Waals surface area contributed by atoms with E-state index in [0.29, 0.717) is 0 Å². The Hall–Kier alpha value is -1.35. The van der Waals surface area contributed by atoms with E-state index < -0.39 is 6.04 Å². The third-order valence-corrected chi connectivity index (χ3v) is 3.32. The standard InChI is InChI=1S/C15H24N2O/c1-4-6-12-7-9-13(10-8-12)17-15(18)14(16)11(3)5-2/h7-11,14H,4-6,16H2,1-3H3,(H,17,18). The first kappa shape index (κ1) is 14.7. The highest BCUT2D eigenvalue weighted by molar-refractivity contribution is 5.94. The molecule has 0 fully saturated rings. The summed E-state index contributed by atoms with van der Waals surface area (Å²) in [5.74, 6) is 0.0944. The van der Waals surface area contributed by atoms with Gasteiger partial charge in [0, 0.05) is 5.69 Å². The topological polar surface area (TPSA) is 55.1 Å². The van der Waals surface area contributed by atoms with Crippen LogP contribution < -0.4 is 11.1 Å². The number of carbonyl (C=O) groups excluding carboxylic acids is 1. The molecule has 0 bridgehead atoms. The maximum atomic E-state index is 11.9. The molecule has 1 rings (SSSR count). The molecule has 3 N–H and O–H groups in total. The van der Waals surface area contributed by atoms with E-state index in [4.69, 9.17) is 5.73 Å². The summed E-state index contributed by atoms with van der Waals surface area (Å²) >= 11 is 0. The number of nitrogens with two attached hydrogens (primary N) is 1. The first-order valence-corrected chi connectivity index (χ1v) is 6.73. The second-order valence-corrected chi connectivity index (χ2v) is 4.85. The number of hydrogen-bond donors (Lipinski definition) is 2. The molecule has 0 radical (unpaired) electrons. The fourth-order valence-electron chi connectivity index (χ4n) is 1.78. The Morgan fingerprint density at radius 1 is 1.28 bits per heavy atom. The first-order valence-electron chi connectivity index (χ1n) is 6.73. The van der Waals surface area contributed by atoms with Crippen LogP contribution in [0.15, 0.2) is 24.3 Å². The van der Waals surface area contributed by atoms with E-state index in [1.165, 1.54) is 5.56 Å². The fourth-order valence-corrected chi connectivity index (χ4v) is 1.78. The Kier molecular flexibility index (Phi) is 5.86. The van der Waals surface area contributed by atoms with E-state index in [0.717, 1.165) is 24.9 Å². The predicted molar refractivity (Wildman–Crippen MR) is 76.5 cm³/mol. The Bertz CT molecular complexity index is 373. The molecule has 2 unspecified atom stereocenters. The van der Waals surface area contributed by atoms with E-state index in [1.807, 2.05) is 38.1 Å². The van der Waals surface area contributed by atoms with E-state index in [2.05, 4.69) is 12.2 Å². The third-order valence-electron chi connectivity index (χ3n) is 3.32. The van der Waals surface area contributed by atoms with Gasteiger partial charge in [-0.2, -0.15) is 0 Å². The number of hydrogen-bond acceptors (Lipinski definition) is 2. The molecule has 1 aromatic carbocycles. The Labute approximate surface area is 110 Å². The molecule has 0 aliphatic heterocycles. The highest BCUT2D eigenvalue weighted by Crippen LogP contribution is 2.13. The zero-order chi connectivity index (χ0) is 13.5. The van der Waals surface area contributed by atoms with Gasteiger partial charge in [0.2, 0.25) is 5.91 Å². The van der Waals surface area contributed by atoms with Gasteiger partial charge in [-0.3, -0.25) is 4.79 Å². The highest BCUT2D eigenvalue weighted by Gasteiger charge is 2.19. The van der Waals surface area contributed by atoms with Crippen LogP contribution in [0, 0.1) is 5.92 Å². The van der Waals surface area contributed by atoms with Crippen LogP contribution in [0.5, 0.6) is 0 Å². The van der Waals surface area contributed by atoms with Crippen molar-refractivity contribution in [1.82, 2.24) is 0 Å². The van der Waals surface area contributed by atoms with Gasteiger partial charge in [0.25, 0.3) is 0 Å². The van der Waals surface area contributed by atoms with Crippen LogP contribution in [0.3, 0.4) is 0 Å². The van der Waals surface area contributed by atoms with E-state index >= 15 is 0 Å². The molecule has 0 saturated heterocycles. The number of benzene rings is 1. The Morgan fingerprint density at radius 2 is 1.89 bits per heavy atom. The van der Waals surface area contributed by atoms with Gasteiger partial charge in [-0.15, -0.1) is 0 Å². The Morgan fingerprint density at radius 3 is 2.39 bits per heavy atom. The van der Waals surface area contributed by atoms with Gasteiger partial charge < -0.3 is 11.1 Å². The normalized spacial score (nSPS) is 14.0. The van der Waals surface area contributed by atoms with Crippen molar-refractivity contribution in [3.8, 4) is 0 Å². The summed E-state index contributed by atoms with van der Waals surface area (Å²) in [5, 5.41) is 2.86. The monoisotopic (exact) mass is 248 g/mol. The SMILES string of the molecule is CCCc1ccc(NC(=O)C(N)C(C)CC)cc1. The van der Waals surface area contributed by atoms with Gasteiger partial charge in [-0.1, -0.05) is 45.7 Å². The Balaban J connectivity index is 2.59. The zero-order valence-corrected chi connectivity index (χ0v) is 11.6. The second kappa shape index (κ2) is 7.17. The van der Waals surface area contributed by atoms with Crippen LogP contribution in [0.25, 0.3) is 0 Å². The van der Waals surface area contributed by atoms with Crippen molar-refractivity contribution in [3.63, 3.8) is 0 Å². The molecule has 0 heterocycles. The van der Waals surface area contributed by atoms with Crippen molar-refractivity contribution in [2.75, 3.05) is 5.32 Å². The summed E-state index contributed by atoms with van der Waals surface area (Å²) in [5.41, 5.74) is 8.00. The van der Waals surface area contributed by atoms with Gasteiger partial charge in [-0.25, -0.2) is 0 Å². The lowest BCUT2D eigenvalue weighted by molar-refractivity contribution is -0.118. The largest absolute Gasteiger partial charge is 0.325 e. The van der Waals surface area contributed by atoms with Gasteiger partial charge >= 0.3 is 0 Å². The highest BCUT2D eigenvalue weighted by atomic mass is 16.2. The maximum absolute atomic E-state index is 11.9. The number of anilines is 1. The number of nitrogens with one attached hydrogen (secondary N) is 1. The summed E-state index contributed by atoms with van der Waals surface area (Å²) in [6.45, 7) is 6.19. The van der Waals surface area contributed by atoms with Crippen LogP contribution in [0.2, 0.25) is 0 Å². The summed E-state index contributed by atoms with van der Waals surface area (Å²) < 4.78 is 0. The van der Waals surface area contributed by atoms with Crippen LogP contribution in [0.4, 0.5) is 5.69 Å². The number of rotatable bonds is 6. The zero-order valence-electron chi connectivity index (χ0n) is 11.6. The minimum Gasteiger partial charge on any atom is -0.325 e. The molecule has 0 aliphatic rings. The molecule has 3 heteroatoms. The fraction of sp³-hybridized carbons (Fsp3) is 0.533. The minimum atomic E-state index is -0.440. The van der Waals surface area contributed by atoms with Crippen LogP contribution in [-0.4, -0.2) is 11.9 Å². The molecule has 3 nitrogen and oxygen atoms in total. The minimum absolute atomic E-state index is 0.104. The van der Waals surface area contributed by atoms with Crippen molar-refractivity contribution >= 4 is 11.6 Å². The number of amides is 1. The molecule has 0 spiro atoms. The molecular formula is C15H24N2O. The number of carbonyl (C=O) groups is 1. The molecular weight excluding hydrogens is 224 g/mol. The average molecular weight is 248 g/mol. The average Bonchev–Trinajstić information content (AvgIpc) is 2.39. The summed E-state index contributed by atoms with van der Waals surface area (Å²) in [4.78, 5) is 11.9. The third kappa shape index (κ3) is 4.15. The molecule has 1 amide bonds. The van der Waals surface area contributed by atoms with Crippen LogP contribution >= 0.6 is 0 Å². The van der Waals surface area contributed by atoms with E-state index in [-0.39, 0.29) is 11.8 Å². The lowest BCUT2D eigenvalue weighted by Crippen LogP contribution is -2.40. The predicted octanol–water partition coefficient (Wildman–Crippen LogP) is 2.95. The summed E-state index contributed by atoms with van der Waals surface area (Å²) in [6, 6.07) is 7.53. The molecule has 0 aromatic heterocycles. The van der Waals surface area contributed by atoms with E-state index in [9.17, 15) is 4.79 Å². The molecule has 18 heavy (non-hydrogen) atoms. The van der Waals surface area contributed by atoms with Crippen molar-refractivity contribution < 1.29 is 4.79 Å². The van der Waals surface area contributed by atoms with Crippen molar-refractivity contribution in [2.24, 2.45) is 11.7 Å². The lowest BCUT2D eigenvalue weighted by atomic mass is 9.99. The van der Waals surface area contributed by atoms with E-state index in [1.54, 1.807) is 0 Å². The molecule has 0 aliphatic carbocycles. The van der Waals surface area contributed by atoms with Gasteiger partial charge in [-0.05, 0) is 30.0 Å². The second-order valence-electron chi connectivity index (χ2n) is 4.85. The van der Waals surface area contributed by atoms with Crippen LogP contribution in [-0.2, 0) is 11.2 Å². The number of aryl methyl sites for hydroxylation is 1. The summed E-state index contributed by atoms with van der Waals surface area (Å²) in [6.07, 6.45) is 3.11. The summed E-state index contributed by atoms with van der Waals surface area (Å²) in [7, 11) is 0.